The maximum atomic E-state index is 12.5. The van der Waals surface area contributed by atoms with Crippen LogP contribution in [0.5, 0.6) is 0 Å². The van der Waals surface area contributed by atoms with Crippen LogP contribution in [0.3, 0.4) is 0 Å². The number of likely N-dealkylation sites (N-methyl/N-ethyl adjacent to an activating group) is 1. The van der Waals surface area contributed by atoms with E-state index in [2.05, 4.69) is 15.6 Å². The summed E-state index contributed by atoms with van der Waals surface area (Å²) in [5.41, 5.74) is 3.51. The lowest BCUT2D eigenvalue weighted by molar-refractivity contribution is 0.0950. The summed E-state index contributed by atoms with van der Waals surface area (Å²) in [6.45, 7) is 5.17. The molecule has 0 atom stereocenters. The maximum absolute atomic E-state index is 12.5. The number of rotatable bonds is 6. The van der Waals surface area contributed by atoms with Crippen LogP contribution in [0, 0.1) is 13.8 Å². The van der Waals surface area contributed by atoms with Gasteiger partial charge in [0.2, 0.25) is 0 Å². The van der Waals surface area contributed by atoms with E-state index < -0.39 is 0 Å². The first-order chi connectivity index (χ1) is 11.9. The third kappa shape index (κ3) is 5.39. The lowest BCUT2D eigenvalue weighted by Crippen LogP contribution is -2.31. The monoisotopic (exact) mass is 340 g/mol. The number of hydrogen-bond acceptors (Lipinski definition) is 4. The Kier molecular flexibility index (Phi) is 6.25. The molecule has 2 N–H and O–H groups in total. The number of aromatic nitrogens is 1. The highest BCUT2D eigenvalue weighted by molar-refractivity contribution is 6.06. The summed E-state index contributed by atoms with van der Waals surface area (Å²) in [6.07, 6.45) is 2.91. The largest absolute Gasteiger partial charge is 0.351 e. The van der Waals surface area contributed by atoms with Crippen LogP contribution in [0.25, 0.3) is 0 Å². The van der Waals surface area contributed by atoms with Crippen molar-refractivity contribution in [1.82, 2.24) is 15.2 Å². The van der Waals surface area contributed by atoms with Gasteiger partial charge in [-0.2, -0.15) is 0 Å². The van der Waals surface area contributed by atoms with Crippen molar-refractivity contribution >= 4 is 17.5 Å². The number of nitrogens with zero attached hydrogens (tertiary/aromatic N) is 2. The third-order valence-corrected chi connectivity index (χ3v) is 3.75. The van der Waals surface area contributed by atoms with E-state index in [9.17, 15) is 9.59 Å². The fraction of sp³-hybridized carbons (Fsp3) is 0.316. The second-order valence-electron chi connectivity index (χ2n) is 6.29. The van der Waals surface area contributed by atoms with E-state index in [1.54, 1.807) is 6.07 Å². The molecule has 0 saturated carbocycles. The Morgan fingerprint density at radius 1 is 1.04 bits per heavy atom. The molecule has 0 unspecified atom stereocenters. The standard InChI is InChI=1S/C19H24N4O2/c1-13-5-6-14(2)17(9-13)22-19(25)16-10-15(11-20-12-16)18(24)21-7-8-23(3)4/h5-6,9-12H,7-8H2,1-4H3,(H,21,24)(H,22,25). The summed E-state index contributed by atoms with van der Waals surface area (Å²) in [4.78, 5) is 30.6. The highest BCUT2D eigenvalue weighted by Crippen LogP contribution is 2.17. The molecule has 0 aliphatic rings. The Morgan fingerprint density at radius 2 is 1.72 bits per heavy atom. The Bertz CT molecular complexity index is 772. The molecular weight excluding hydrogens is 316 g/mol. The molecule has 1 heterocycles. The van der Waals surface area contributed by atoms with Crippen molar-refractivity contribution in [3.8, 4) is 0 Å². The van der Waals surface area contributed by atoms with E-state index in [0.717, 1.165) is 23.4 Å². The average Bonchev–Trinajstić information content (AvgIpc) is 2.57. The van der Waals surface area contributed by atoms with E-state index >= 15 is 0 Å². The number of nitrogens with one attached hydrogen (secondary N) is 2. The topological polar surface area (TPSA) is 74.3 Å². The highest BCUT2D eigenvalue weighted by Gasteiger charge is 2.12. The number of pyridine rings is 1. The van der Waals surface area contributed by atoms with Crippen molar-refractivity contribution in [3.05, 3.63) is 58.9 Å². The Balaban J connectivity index is 2.08. The first-order valence-electron chi connectivity index (χ1n) is 8.13. The minimum Gasteiger partial charge on any atom is -0.351 e. The molecule has 0 spiro atoms. The van der Waals surface area contributed by atoms with Crippen LogP contribution in [0.1, 0.15) is 31.8 Å². The lowest BCUT2D eigenvalue weighted by atomic mass is 10.1. The minimum atomic E-state index is -0.288. The number of hydrogen-bond donors (Lipinski definition) is 2. The summed E-state index contributed by atoms with van der Waals surface area (Å²) >= 11 is 0. The van der Waals surface area contributed by atoms with E-state index in [-0.39, 0.29) is 11.8 Å². The van der Waals surface area contributed by atoms with Gasteiger partial charge in [-0.1, -0.05) is 12.1 Å². The first kappa shape index (κ1) is 18.6. The highest BCUT2D eigenvalue weighted by atomic mass is 16.2. The smallest absolute Gasteiger partial charge is 0.257 e. The molecule has 132 valence electrons. The Labute approximate surface area is 148 Å². The Morgan fingerprint density at radius 3 is 2.40 bits per heavy atom. The first-order valence-corrected chi connectivity index (χ1v) is 8.13. The van der Waals surface area contributed by atoms with Crippen LogP contribution >= 0.6 is 0 Å². The molecule has 0 aliphatic carbocycles. The van der Waals surface area contributed by atoms with Crippen LogP contribution in [-0.2, 0) is 0 Å². The zero-order chi connectivity index (χ0) is 18.4. The molecule has 2 rings (SSSR count). The van der Waals surface area contributed by atoms with Crippen LogP contribution in [0.4, 0.5) is 5.69 Å². The minimum absolute atomic E-state index is 0.240. The van der Waals surface area contributed by atoms with E-state index in [4.69, 9.17) is 0 Å². The SMILES string of the molecule is Cc1ccc(C)c(NC(=O)c2cncc(C(=O)NCCN(C)C)c2)c1. The summed E-state index contributed by atoms with van der Waals surface area (Å²) in [7, 11) is 3.87. The van der Waals surface area contributed by atoms with Gasteiger partial charge in [-0.25, -0.2) is 0 Å². The van der Waals surface area contributed by atoms with Gasteiger partial charge < -0.3 is 15.5 Å². The quantitative estimate of drug-likeness (QED) is 0.846. The van der Waals surface area contributed by atoms with Gasteiger partial charge in [0.05, 0.1) is 11.1 Å². The molecule has 2 aromatic rings. The van der Waals surface area contributed by atoms with Crippen molar-refractivity contribution in [3.63, 3.8) is 0 Å². The zero-order valence-corrected chi connectivity index (χ0v) is 15.1. The zero-order valence-electron chi connectivity index (χ0n) is 15.1. The second kappa shape index (κ2) is 8.39. The van der Waals surface area contributed by atoms with Gasteiger partial charge in [-0.3, -0.25) is 14.6 Å². The van der Waals surface area contributed by atoms with Gasteiger partial charge in [0.15, 0.2) is 0 Å². The molecule has 2 amide bonds. The van der Waals surface area contributed by atoms with Gasteiger partial charge >= 0.3 is 0 Å². The Hall–Kier alpha value is -2.73. The molecule has 0 saturated heterocycles. The number of anilines is 1. The van der Waals surface area contributed by atoms with Gasteiger partial charge in [0.25, 0.3) is 11.8 Å². The van der Waals surface area contributed by atoms with Gasteiger partial charge in [0, 0.05) is 31.2 Å². The average molecular weight is 340 g/mol. The summed E-state index contributed by atoms with van der Waals surface area (Å²) in [5, 5.41) is 5.68. The van der Waals surface area contributed by atoms with Crippen molar-refractivity contribution in [1.29, 1.82) is 0 Å². The predicted molar refractivity (Wildman–Crippen MR) is 99.0 cm³/mol. The summed E-state index contributed by atoms with van der Waals surface area (Å²) in [5.74, 6) is -0.528. The van der Waals surface area contributed by atoms with Gasteiger partial charge in [-0.05, 0) is 51.2 Å². The number of carbonyl (C=O) groups is 2. The number of aryl methyl sites for hydroxylation is 2. The van der Waals surface area contributed by atoms with Crippen LogP contribution in [-0.4, -0.2) is 48.9 Å². The molecule has 0 bridgehead atoms. The fourth-order valence-electron chi connectivity index (χ4n) is 2.25. The number of benzene rings is 1. The van der Waals surface area contributed by atoms with Crippen LogP contribution in [0.15, 0.2) is 36.7 Å². The molecule has 25 heavy (non-hydrogen) atoms. The van der Waals surface area contributed by atoms with Crippen molar-refractivity contribution in [2.24, 2.45) is 0 Å². The molecule has 0 radical (unpaired) electrons. The van der Waals surface area contributed by atoms with Gasteiger partial charge in [-0.15, -0.1) is 0 Å². The third-order valence-electron chi connectivity index (χ3n) is 3.75. The van der Waals surface area contributed by atoms with Crippen molar-refractivity contribution in [2.75, 3.05) is 32.5 Å². The molecule has 0 aliphatic heterocycles. The fourth-order valence-corrected chi connectivity index (χ4v) is 2.25. The van der Waals surface area contributed by atoms with Crippen molar-refractivity contribution in [2.45, 2.75) is 13.8 Å². The predicted octanol–water partition coefficient (Wildman–Crippen LogP) is 2.24. The number of carbonyl (C=O) groups excluding carboxylic acids is 2. The molecule has 0 fully saturated rings. The molecule has 6 nitrogen and oxygen atoms in total. The van der Waals surface area contributed by atoms with Crippen molar-refractivity contribution < 1.29 is 9.59 Å². The summed E-state index contributed by atoms with van der Waals surface area (Å²) in [6, 6.07) is 7.42. The summed E-state index contributed by atoms with van der Waals surface area (Å²) < 4.78 is 0. The molecule has 1 aromatic heterocycles. The van der Waals surface area contributed by atoms with E-state index in [0.29, 0.717) is 17.7 Å². The molecular formula is C19H24N4O2. The normalized spacial score (nSPS) is 10.6. The number of amides is 2. The van der Waals surface area contributed by atoms with E-state index in [1.807, 2.05) is 51.0 Å². The maximum Gasteiger partial charge on any atom is 0.257 e. The van der Waals surface area contributed by atoms with Crippen LogP contribution in [0.2, 0.25) is 0 Å². The second-order valence-corrected chi connectivity index (χ2v) is 6.29. The van der Waals surface area contributed by atoms with Crippen LogP contribution < -0.4 is 10.6 Å². The van der Waals surface area contributed by atoms with E-state index in [1.165, 1.54) is 12.4 Å². The molecule has 6 heteroatoms. The molecule has 1 aromatic carbocycles. The lowest BCUT2D eigenvalue weighted by Gasteiger charge is -2.11. The van der Waals surface area contributed by atoms with Gasteiger partial charge in [0.1, 0.15) is 0 Å².